The molecule has 1 unspecified atom stereocenters. The molecule has 0 saturated carbocycles. The number of carbonyl (C=O) groups is 1. The third-order valence-corrected chi connectivity index (χ3v) is 4.48. The van der Waals surface area contributed by atoms with Gasteiger partial charge < -0.3 is 10.2 Å². The van der Waals surface area contributed by atoms with Crippen molar-refractivity contribution in [2.75, 3.05) is 16.8 Å². The molecule has 3 heteroatoms. The maximum Gasteiger partial charge on any atom is 0.249 e. The van der Waals surface area contributed by atoms with Crippen LogP contribution in [0.1, 0.15) is 65.2 Å². The molecule has 0 aromatic heterocycles. The van der Waals surface area contributed by atoms with E-state index in [2.05, 4.69) is 25.2 Å². The number of para-hydroxylation sites is 2. The third kappa shape index (κ3) is 4.25. The Morgan fingerprint density at radius 1 is 1.00 bits per heavy atom. The lowest BCUT2D eigenvalue weighted by Crippen LogP contribution is -2.47. The van der Waals surface area contributed by atoms with Crippen molar-refractivity contribution >= 4 is 17.3 Å². The minimum atomic E-state index is -0.0699. The van der Waals surface area contributed by atoms with Gasteiger partial charge in [0, 0.05) is 6.54 Å². The Labute approximate surface area is 135 Å². The molecule has 1 atom stereocenters. The van der Waals surface area contributed by atoms with E-state index in [9.17, 15) is 4.79 Å². The first-order chi connectivity index (χ1) is 10.8. The van der Waals surface area contributed by atoms with E-state index in [4.69, 9.17) is 0 Å². The second kappa shape index (κ2) is 8.82. The zero-order valence-electron chi connectivity index (χ0n) is 14.1. The minimum Gasteiger partial charge on any atom is -0.372 e. The molecule has 1 aromatic rings. The first kappa shape index (κ1) is 16.9. The molecule has 0 spiro atoms. The van der Waals surface area contributed by atoms with Gasteiger partial charge in [0.25, 0.3) is 0 Å². The molecule has 1 heterocycles. The summed E-state index contributed by atoms with van der Waals surface area (Å²) < 4.78 is 0. The maximum atomic E-state index is 12.6. The summed E-state index contributed by atoms with van der Waals surface area (Å²) in [6, 6.07) is 8.09. The lowest BCUT2D eigenvalue weighted by atomic mass is 10.1. The van der Waals surface area contributed by atoms with Gasteiger partial charge in [-0.05, 0) is 25.0 Å². The van der Waals surface area contributed by atoms with Crippen molar-refractivity contribution in [3.8, 4) is 0 Å². The Kier molecular flexibility index (Phi) is 6.75. The van der Waals surface area contributed by atoms with Crippen LogP contribution in [0.3, 0.4) is 0 Å². The van der Waals surface area contributed by atoms with Crippen LogP contribution in [0.25, 0.3) is 0 Å². The Morgan fingerprint density at radius 2 is 1.68 bits per heavy atom. The van der Waals surface area contributed by atoms with Crippen molar-refractivity contribution in [1.29, 1.82) is 0 Å². The van der Waals surface area contributed by atoms with Crippen LogP contribution in [0, 0.1) is 0 Å². The van der Waals surface area contributed by atoms with Gasteiger partial charge in [-0.25, -0.2) is 0 Å². The van der Waals surface area contributed by atoms with Gasteiger partial charge in [0.05, 0.1) is 11.4 Å². The summed E-state index contributed by atoms with van der Waals surface area (Å²) in [7, 11) is 0. The van der Waals surface area contributed by atoms with Crippen molar-refractivity contribution in [3.63, 3.8) is 0 Å². The Bertz CT molecular complexity index is 472. The number of rotatable bonds is 9. The molecular weight excluding hydrogens is 272 g/mol. The smallest absolute Gasteiger partial charge is 0.249 e. The fraction of sp³-hybridized carbons (Fsp3) is 0.632. The summed E-state index contributed by atoms with van der Waals surface area (Å²) in [5.41, 5.74) is 2.14. The number of anilines is 2. The van der Waals surface area contributed by atoms with Crippen molar-refractivity contribution < 1.29 is 4.79 Å². The topological polar surface area (TPSA) is 32.3 Å². The first-order valence-electron chi connectivity index (χ1n) is 8.94. The zero-order chi connectivity index (χ0) is 15.8. The normalized spacial score (nSPS) is 17.3. The van der Waals surface area contributed by atoms with Crippen LogP contribution >= 0.6 is 0 Å². The summed E-state index contributed by atoms with van der Waals surface area (Å²) in [6.45, 7) is 5.16. The van der Waals surface area contributed by atoms with Crippen LogP contribution in [0.4, 0.5) is 11.4 Å². The predicted octanol–water partition coefficient (Wildman–Crippen LogP) is 4.97. The van der Waals surface area contributed by atoms with Crippen LogP contribution in [-0.2, 0) is 4.79 Å². The number of hydrogen-bond donors (Lipinski definition) is 1. The molecule has 0 radical (unpaired) electrons. The standard InChI is InChI=1S/C19H30N2O/c1-3-5-6-7-8-9-12-15-21-18-14-11-10-13-17(18)20-16(4-2)19(21)22/h10-11,13-14,16,20H,3-9,12,15H2,1-2H3. The van der Waals surface area contributed by atoms with Gasteiger partial charge >= 0.3 is 0 Å². The summed E-state index contributed by atoms with van der Waals surface area (Å²) in [5.74, 6) is 0.229. The SMILES string of the molecule is CCCCCCCCCN1C(=O)C(CC)Nc2ccccc21. The van der Waals surface area contributed by atoms with E-state index in [0.29, 0.717) is 0 Å². The van der Waals surface area contributed by atoms with Gasteiger partial charge in [0.15, 0.2) is 0 Å². The minimum absolute atomic E-state index is 0.0699. The van der Waals surface area contributed by atoms with E-state index >= 15 is 0 Å². The fourth-order valence-corrected chi connectivity index (χ4v) is 3.12. The number of fused-ring (bicyclic) bond motifs is 1. The third-order valence-electron chi connectivity index (χ3n) is 4.48. The van der Waals surface area contributed by atoms with E-state index in [1.54, 1.807) is 0 Å². The lowest BCUT2D eigenvalue weighted by Gasteiger charge is -2.35. The van der Waals surface area contributed by atoms with Gasteiger partial charge in [-0.2, -0.15) is 0 Å². The van der Waals surface area contributed by atoms with E-state index < -0.39 is 0 Å². The van der Waals surface area contributed by atoms with Gasteiger partial charge in [-0.1, -0.05) is 64.5 Å². The highest BCUT2D eigenvalue weighted by molar-refractivity contribution is 6.04. The summed E-state index contributed by atoms with van der Waals surface area (Å²) in [6.07, 6.45) is 9.77. The molecule has 0 fully saturated rings. The molecule has 22 heavy (non-hydrogen) atoms. The van der Waals surface area contributed by atoms with Gasteiger partial charge in [-0.3, -0.25) is 4.79 Å². The average Bonchev–Trinajstić information content (AvgIpc) is 2.55. The van der Waals surface area contributed by atoms with Gasteiger partial charge in [0.1, 0.15) is 6.04 Å². The molecule has 1 amide bonds. The molecule has 1 N–H and O–H groups in total. The maximum absolute atomic E-state index is 12.6. The van der Waals surface area contributed by atoms with Crippen molar-refractivity contribution in [3.05, 3.63) is 24.3 Å². The number of carbonyl (C=O) groups excluding carboxylic acids is 1. The van der Waals surface area contributed by atoms with Crippen LogP contribution < -0.4 is 10.2 Å². The number of hydrogen-bond acceptors (Lipinski definition) is 2. The monoisotopic (exact) mass is 302 g/mol. The second-order valence-electron chi connectivity index (χ2n) is 6.23. The Balaban J connectivity index is 1.87. The van der Waals surface area contributed by atoms with Crippen molar-refractivity contribution in [2.45, 2.75) is 71.3 Å². The van der Waals surface area contributed by atoms with Crippen molar-refractivity contribution in [1.82, 2.24) is 0 Å². The molecule has 3 nitrogen and oxygen atoms in total. The van der Waals surface area contributed by atoms with Gasteiger partial charge in [-0.15, -0.1) is 0 Å². The van der Waals surface area contributed by atoms with E-state index in [1.807, 2.05) is 23.1 Å². The number of unbranched alkanes of at least 4 members (excludes halogenated alkanes) is 6. The van der Waals surface area contributed by atoms with Crippen LogP contribution in [0.2, 0.25) is 0 Å². The van der Waals surface area contributed by atoms with Gasteiger partial charge in [0.2, 0.25) is 5.91 Å². The second-order valence-corrected chi connectivity index (χ2v) is 6.23. The zero-order valence-corrected chi connectivity index (χ0v) is 14.1. The van der Waals surface area contributed by atoms with Crippen LogP contribution in [0.5, 0.6) is 0 Å². The summed E-state index contributed by atoms with van der Waals surface area (Å²) in [5, 5.41) is 3.36. The summed E-state index contributed by atoms with van der Waals surface area (Å²) >= 11 is 0. The highest BCUT2D eigenvalue weighted by Gasteiger charge is 2.30. The molecule has 122 valence electrons. The van der Waals surface area contributed by atoms with E-state index in [-0.39, 0.29) is 11.9 Å². The Morgan fingerprint density at radius 3 is 2.41 bits per heavy atom. The fourth-order valence-electron chi connectivity index (χ4n) is 3.12. The predicted molar refractivity (Wildman–Crippen MR) is 94.5 cm³/mol. The molecule has 1 aliphatic heterocycles. The lowest BCUT2D eigenvalue weighted by molar-refractivity contribution is -0.119. The number of nitrogens with one attached hydrogen (secondary N) is 1. The number of amides is 1. The van der Waals surface area contributed by atoms with E-state index in [1.165, 1.54) is 38.5 Å². The molecule has 1 aromatic carbocycles. The summed E-state index contributed by atoms with van der Waals surface area (Å²) in [4.78, 5) is 14.6. The van der Waals surface area contributed by atoms with Crippen LogP contribution in [0.15, 0.2) is 24.3 Å². The van der Waals surface area contributed by atoms with Crippen LogP contribution in [-0.4, -0.2) is 18.5 Å². The molecular formula is C19H30N2O. The number of nitrogens with zero attached hydrogens (tertiary/aromatic N) is 1. The van der Waals surface area contributed by atoms with Crippen molar-refractivity contribution in [2.24, 2.45) is 0 Å². The average molecular weight is 302 g/mol. The quantitative estimate of drug-likeness (QED) is 0.653. The van der Waals surface area contributed by atoms with E-state index in [0.717, 1.165) is 30.8 Å². The number of benzene rings is 1. The first-order valence-corrected chi connectivity index (χ1v) is 8.94. The molecule has 2 rings (SSSR count). The largest absolute Gasteiger partial charge is 0.372 e. The highest BCUT2D eigenvalue weighted by Crippen LogP contribution is 2.32. The molecule has 1 aliphatic rings. The molecule has 0 bridgehead atoms. The highest BCUT2D eigenvalue weighted by atomic mass is 16.2. The Hall–Kier alpha value is -1.51. The molecule has 0 saturated heterocycles. The molecule has 0 aliphatic carbocycles.